The van der Waals surface area contributed by atoms with E-state index in [4.69, 9.17) is 0 Å². The molecule has 172 valence electrons. The predicted molar refractivity (Wildman–Crippen MR) is 110 cm³/mol. The van der Waals surface area contributed by atoms with Crippen molar-refractivity contribution in [2.75, 3.05) is 26.7 Å². The van der Waals surface area contributed by atoms with Gasteiger partial charge in [0.2, 0.25) is 20.0 Å². The smallest absolute Gasteiger partial charge is 0.270 e. The van der Waals surface area contributed by atoms with E-state index in [-0.39, 0.29) is 47.8 Å². The van der Waals surface area contributed by atoms with Crippen LogP contribution in [0.15, 0.2) is 58.3 Å². The van der Waals surface area contributed by atoms with Crippen LogP contribution < -0.4 is 10.6 Å². The first-order valence-corrected chi connectivity index (χ1v) is 11.8. The Hall–Kier alpha value is -3.02. The summed E-state index contributed by atoms with van der Waals surface area (Å²) >= 11 is 0. The van der Waals surface area contributed by atoms with Crippen molar-refractivity contribution in [2.24, 2.45) is 0 Å². The van der Waals surface area contributed by atoms with Gasteiger partial charge < -0.3 is 0 Å². The fourth-order valence-corrected chi connectivity index (χ4v) is 5.49. The van der Waals surface area contributed by atoms with Crippen LogP contribution in [-0.4, -0.2) is 62.0 Å². The molecule has 0 bridgehead atoms. The topological polar surface area (TPSA) is 185 Å². The molecule has 2 aromatic rings. The molecular weight excluding hydrogens is 468 g/mol. The molecule has 3 rings (SSSR count). The average molecular weight is 486 g/mol. The second-order valence-corrected chi connectivity index (χ2v) is 10.4. The van der Waals surface area contributed by atoms with Gasteiger partial charge in [-0.15, -0.1) is 0 Å². The maximum atomic E-state index is 12.9. The van der Waals surface area contributed by atoms with Crippen molar-refractivity contribution >= 4 is 31.4 Å². The van der Waals surface area contributed by atoms with Crippen molar-refractivity contribution in [3.8, 4) is 0 Å². The molecule has 2 aromatic carbocycles. The summed E-state index contributed by atoms with van der Waals surface area (Å²) in [4.78, 5) is 19.9. The highest BCUT2D eigenvalue weighted by molar-refractivity contribution is 7.89. The lowest BCUT2D eigenvalue weighted by Crippen LogP contribution is -2.54. The molecule has 0 aromatic heterocycles. The van der Waals surface area contributed by atoms with Gasteiger partial charge in [-0.05, 0) is 18.2 Å². The standard InChI is InChI=1S/C16H18N6O8S2/c23-21(24)13-4-6-15(7-5-13)31(27,28)19-9-17-11-20(12-18-10-19)32(29,30)16-3-1-2-14(8-16)22(25)26/h1-8,17-18H,9-12H2. The van der Waals surface area contributed by atoms with E-state index in [0.717, 1.165) is 38.9 Å². The van der Waals surface area contributed by atoms with E-state index in [1.54, 1.807) is 0 Å². The number of nitro benzene ring substituents is 2. The van der Waals surface area contributed by atoms with Crippen LogP contribution >= 0.6 is 0 Å². The van der Waals surface area contributed by atoms with Crippen LogP contribution in [0.4, 0.5) is 11.4 Å². The van der Waals surface area contributed by atoms with E-state index < -0.39 is 29.9 Å². The van der Waals surface area contributed by atoms with Crippen LogP contribution in [-0.2, 0) is 20.0 Å². The SMILES string of the molecule is O=[N+]([O-])c1ccc(S(=O)(=O)N2CNCN(S(=O)(=O)c3cccc([N+](=O)[O-])c3)CNC2)cc1. The molecule has 1 saturated heterocycles. The van der Waals surface area contributed by atoms with Gasteiger partial charge in [0, 0.05) is 24.3 Å². The van der Waals surface area contributed by atoms with Gasteiger partial charge in [0.15, 0.2) is 0 Å². The van der Waals surface area contributed by atoms with Crippen molar-refractivity contribution in [1.82, 2.24) is 19.2 Å². The summed E-state index contributed by atoms with van der Waals surface area (Å²) in [5.74, 6) is 0. The molecule has 0 atom stereocenters. The Kier molecular flexibility index (Phi) is 6.82. The van der Waals surface area contributed by atoms with Gasteiger partial charge in [-0.3, -0.25) is 30.9 Å². The first-order chi connectivity index (χ1) is 15.0. The minimum absolute atomic E-state index is 0.159. The molecule has 1 fully saturated rings. The number of nitrogens with zero attached hydrogens (tertiary/aromatic N) is 4. The Morgan fingerprint density at radius 1 is 0.688 bits per heavy atom. The van der Waals surface area contributed by atoms with Crippen LogP contribution in [0.2, 0.25) is 0 Å². The number of rotatable bonds is 6. The Morgan fingerprint density at radius 3 is 1.62 bits per heavy atom. The summed E-state index contributed by atoms with van der Waals surface area (Å²) in [7, 11) is -8.13. The largest absolute Gasteiger partial charge is 0.290 e. The number of hydrogen-bond acceptors (Lipinski definition) is 10. The molecule has 32 heavy (non-hydrogen) atoms. The normalized spacial score (nSPS) is 16.8. The maximum Gasteiger partial charge on any atom is 0.270 e. The number of nitro groups is 2. The second-order valence-electron chi connectivity index (χ2n) is 6.55. The Labute approximate surface area is 182 Å². The molecule has 0 aliphatic carbocycles. The number of nitrogens with one attached hydrogen (secondary N) is 2. The number of hydrogen-bond donors (Lipinski definition) is 2. The van der Waals surface area contributed by atoms with Crippen molar-refractivity contribution in [2.45, 2.75) is 9.79 Å². The lowest BCUT2D eigenvalue weighted by atomic mass is 10.3. The van der Waals surface area contributed by atoms with E-state index in [1.165, 1.54) is 18.2 Å². The summed E-state index contributed by atoms with van der Waals surface area (Å²) in [6.07, 6.45) is 0. The van der Waals surface area contributed by atoms with Crippen molar-refractivity contribution < 1.29 is 26.7 Å². The zero-order valence-electron chi connectivity index (χ0n) is 16.3. The molecular formula is C16H18N6O8S2. The minimum Gasteiger partial charge on any atom is -0.290 e. The third-order valence-electron chi connectivity index (χ3n) is 4.50. The zero-order chi connectivity index (χ0) is 23.5. The van der Waals surface area contributed by atoms with Crippen LogP contribution in [0, 0.1) is 20.2 Å². The first-order valence-electron chi connectivity index (χ1n) is 8.94. The summed E-state index contributed by atoms with van der Waals surface area (Å²) < 4.78 is 53.3. The molecule has 2 N–H and O–H groups in total. The van der Waals surface area contributed by atoms with E-state index in [2.05, 4.69) is 10.6 Å². The van der Waals surface area contributed by atoms with Gasteiger partial charge in [0.25, 0.3) is 11.4 Å². The minimum atomic E-state index is -4.10. The number of benzene rings is 2. The van der Waals surface area contributed by atoms with Crippen LogP contribution in [0.3, 0.4) is 0 Å². The van der Waals surface area contributed by atoms with Crippen LogP contribution in [0.5, 0.6) is 0 Å². The molecule has 0 saturated carbocycles. The highest BCUT2D eigenvalue weighted by Crippen LogP contribution is 2.22. The highest BCUT2D eigenvalue weighted by atomic mass is 32.2. The quantitative estimate of drug-likeness (QED) is 0.422. The lowest BCUT2D eigenvalue weighted by molar-refractivity contribution is -0.385. The maximum absolute atomic E-state index is 12.9. The molecule has 1 aliphatic heterocycles. The monoisotopic (exact) mass is 486 g/mol. The van der Waals surface area contributed by atoms with Gasteiger partial charge in [0.1, 0.15) is 0 Å². The molecule has 0 radical (unpaired) electrons. The average Bonchev–Trinajstić information content (AvgIpc) is 2.73. The van der Waals surface area contributed by atoms with Crippen molar-refractivity contribution in [1.29, 1.82) is 0 Å². The van der Waals surface area contributed by atoms with E-state index in [0.29, 0.717) is 0 Å². The van der Waals surface area contributed by atoms with E-state index >= 15 is 0 Å². The highest BCUT2D eigenvalue weighted by Gasteiger charge is 2.30. The fraction of sp³-hybridized carbons (Fsp3) is 0.250. The summed E-state index contributed by atoms with van der Waals surface area (Å²) in [6.45, 7) is -1.06. The molecule has 1 heterocycles. The fourth-order valence-electron chi connectivity index (χ4n) is 2.85. The number of non-ortho nitro benzene ring substituents is 2. The summed E-state index contributed by atoms with van der Waals surface area (Å²) in [5.41, 5.74) is -0.630. The Balaban J connectivity index is 1.73. The molecule has 14 nitrogen and oxygen atoms in total. The predicted octanol–water partition coefficient (Wildman–Crippen LogP) is 0.207. The molecule has 16 heteroatoms. The van der Waals surface area contributed by atoms with Crippen molar-refractivity contribution in [3.05, 3.63) is 68.8 Å². The first kappa shape index (κ1) is 23.6. The van der Waals surface area contributed by atoms with Gasteiger partial charge in [-0.2, -0.15) is 8.61 Å². The number of sulfonamides is 2. The van der Waals surface area contributed by atoms with E-state index in [9.17, 15) is 37.1 Å². The Bertz CT molecular complexity index is 1220. The van der Waals surface area contributed by atoms with Crippen LogP contribution in [0.1, 0.15) is 0 Å². The van der Waals surface area contributed by atoms with Crippen molar-refractivity contribution in [3.63, 3.8) is 0 Å². The summed E-state index contributed by atoms with van der Waals surface area (Å²) in [6, 6.07) is 8.98. The lowest BCUT2D eigenvalue weighted by Gasteiger charge is -2.30. The van der Waals surface area contributed by atoms with Gasteiger partial charge >= 0.3 is 0 Å². The zero-order valence-corrected chi connectivity index (χ0v) is 18.0. The second kappa shape index (κ2) is 9.23. The molecule has 0 amide bonds. The van der Waals surface area contributed by atoms with Gasteiger partial charge in [-0.1, -0.05) is 6.07 Å². The van der Waals surface area contributed by atoms with Gasteiger partial charge in [-0.25, -0.2) is 16.8 Å². The van der Waals surface area contributed by atoms with Crippen LogP contribution in [0.25, 0.3) is 0 Å². The molecule has 1 aliphatic rings. The Morgan fingerprint density at radius 2 is 1.16 bits per heavy atom. The molecule has 0 spiro atoms. The summed E-state index contributed by atoms with van der Waals surface area (Å²) in [5, 5.41) is 27.1. The van der Waals surface area contributed by atoms with Gasteiger partial charge in [0.05, 0.1) is 46.3 Å². The van der Waals surface area contributed by atoms with E-state index in [1.807, 2.05) is 0 Å². The molecule has 0 unspecified atom stereocenters. The third-order valence-corrected chi connectivity index (χ3v) is 8.10. The third kappa shape index (κ3) is 4.90.